The average molecular weight is 358 g/mol. The fourth-order valence-electron chi connectivity index (χ4n) is 2.23. The van der Waals surface area contributed by atoms with Crippen molar-refractivity contribution < 1.29 is 24.9 Å². The molecule has 7 heteroatoms. The van der Waals surface area contributed by atoms with Gasteiger partial charge in [0.05, 0.1) is 0 Å². The number of hydrogen-bond donors (Lipinski definition) is 3. The molecule has 0 bridgehead atoms. The molecular weight excluding hydrogens is 336 g/mol. The van der Waals surface area contributed by atoms with Gasteiger partial charge in [0.25, 0.3) is 0 Å². The highest BCUT2D eigenvalue weighted by atomic mass is 32.2. The quantitative estimate of drug-likeness (QED) is 0.641. The van der Waals surface area contributed by atoms with Crippen molar-refractivity contribution in [3.8, 4) is 5.75 Å². The Morgan fingerprint density at radius 3 is 1.91 bits per heavy atom. The van der Waals surface area contributed by atoms with Gasteiger partial charge in [-0.2, -0.15) is 0 Å². The predicted octanol–water partition coefficient (Wildman–Crippen LogP) is 5.63. The van der Waals surface area contributed by atoms with Crippen LogP contribution in [0.15, 0.2) is 12.1 Å². The van der Waals surface area contributed by atoms with Crippen LogP contribution in [0.5, 0.6) is 5.75 Å². The highest BCUT2D eigenvalue weighted by molar-refractivity contribution is 8.13. The molecule has 2 unspecified atom stereocenters. The van der Waals surface area contributed by atoms with Gasteiger partial charge in [0.15, 0.2) is 0 Å². The Labute approximate surface area is 144 Å². The molecule has 0 aliphatic rings. The maximum Gasteiger partial charge on any atom is 0.365 e. The van der Waals surface area contributed by atoms with Crippen molar-refractivity contribution in [2.75, 3.05) is 0 Å². The van der Waals surface area contributed by atoms with E-state index in [0.717, 1.165) is 17.3 Å². The van der Waals surface area contributed by atoms with E-state index in [0.29, 0.717) is 22.9 Å². The van der Waals surface area contributed by atoms with Crippen LogP contribution in [0.1, 0.15) is 61.8 Å². The molecule has 0 aliphatic heterocycles. The van der Waals surface area contributed by atoms with Crippen molar-refractivity contribution in [2.24, 2.45) is 0 Å². The van der Waals surface area contributed by atoms with Gasteiger partial charge in [-0.15, -0.1) is 0 Å². The fraction of sp³-hybridized carbons (Fsp3) is 0.500. The molecule has 0 saturated heterocycles. The van der Waals surface area contributed by atoms with Gasteiger partial charge < -0.3 is 15.3 Å². The molecule has 0 fully saturated rings. The second-order valence-electron chi connectivity index (χ2n) is 6.31. The van der Waals surface area contributed by atoms with Crippen molar-refractivity contribution in [3.05, 3.63) is 28.8 Å². The largest absolute Gasteiger partial charge is 0.507 e. The molecule has 3 N–H and O–H groups in total. The number of thioether (sulfide) groups is 2. The number of carboxylic acid groups (broad SMARTS) is 2. The van der Waals surface area contributed by atoms with Gasteiger partial charge in [-0.25, -0.2) is 9.59 Å². The molecule has 23 heavy (non-hydrogen) atoms. The molecule has 0 heterocycles. The van der Waals surface area contributed by atoms with Crippen molar-refractivity contribution in [3.63, 3.8) is 0 Å². The zero-order valence-electron chi connectivity index (χ0n) is 13.8. The van der Waals surface area contributed by atoms with Crippen molar-refractivity contribution >= 4 is 34.1 Å². The lowest BCUT2D eigenvalue weighted by molar-refractivity contribution is 0.221. The summed E-state index contributed by atoms with van der Waals surface area (Å²) in [6, 6.07) is 3.50. The van der Waals surface area contributed by atoms with Gasteiger partial charge in [-0.3, -0.25) is 0 Å². The third-order valence-corrected chi connectivity index (χ3v) is 5.07. The number of rotatable bonds is 4. The van der Waals surface area contributed by atoms with Gasteiger partial charge in [-0.05, 0) is 60.0 Å². The summed E-state index contributed by atoms with van der Waals surface area (Å²) >= 11 is 1.49. The lowest BCUT2D eigenvalue weighted by Gasteiger charge is -2.25. The molecule has 0 radical (unpaired) electrons. The Morgan fingerprint density at radius 1 is 1.00 bits per heavy atom. The van der Waals surface area contributed by atoms with E-state index in [9.17, 15) is 14.7 Å². The van der Waals surface area contributed by atoms with Gasteiger partial charge in [-0.1, -0.05) is 26.8 Å². The molecule has 0 aliphatic carbocycles. The Balaban J connectivity index is 3.43. The highest BCUT2D eigenvalue weighted by Gasteiger charge is 2.26. The number of phenols is 1. The Morgan fingerprint density at radius 2 is 1.48 bits per heavy atom. The van der Waals surface area contributed by atoms with Crippen LogP contribution in [0.3, 0.4) is 0 Å². The van der Waals surface area contributed by atoms with Crippen molar-refractivity contribution in [1.82, 2.24) is 0 Å². The highest BCUT2D eigenvalue weighted by Crippen LogP contribution is 2.43. The lowest BCUT2D eigenvalue weighted by Crippen LogP contribution is -2.14. The molecule has 0 spiro atoms. The molecule has 128 valence electrons. The Bertz CT molecular complexity index is 607. The van der Waals surface area contributed by atoms with Crippen LogP contribution in [-0.2, 0) is 5.41 Å². The van der Waals surface area contributed by atoms with Crippen LogP contribution in [0.25, 0.3) is 0 Å². The van der Waals surface area contributed by atoms with E-state index in [4.69, 9.17) is 10.2 Å². The van der Waals surface area contributed by atoms with Crippen LogP contribution < -0.4 is 0 Å². The second-order valence-corrected chi connectivity index (χ2v) is 8.89. The monoisotopic (exact) mass is 358 g/mol. The average Bonchev–Trinajstić information content (AvgIpc) is 2.35. The van der Waals surface area contributed by atoms with Gasteiger partial charge >= 0.3 is 10.6 Å². The van der Waals surface area contributed by atoms with E-state index in [-0.39, 0.29) is 16.4 Å². The number of benzene rings is 1. The minimum Gasteiger partial charge on any atom is -0.507 e. The normalized spacial score (nSPS) is 14.3. The maximum absolute atomic E-state index is 10.9. The topological polar surface area (TPSA) is 94.8 Å². The van der Waals surface area contributed by atoms with Crippen LogP contribution in [0.4, 0.5) is 9.59 Å². The maximum atomic E-state index is 10.9. The molecule has 1 rings (SSSR count). The molecule has 1 aromatic carbocycles. The van der Waals surface area contributed by atoms with E-state index in [2.05, 4.69) is 0 Å². The summed E-state index contributed by atoms with van der Waals surface area (Å²) in [4.78, 5) is 21.9. The van der Waals surface area contributed by atoms with E-state index in [1.54, 1.807) is 26.0 Å². The van der Waals surface area contributed by atoms with E-state index >= 15 is 0 Å². The predicted molar refractivity (Wildman–Crippen MR) is 94.9 cm³/mol. The first-order valence-electron chi connectivity index (χ1n) is 7.10. The van der Waals surface area contributed by atoms with Gasteiger partial charge in [0.1, 0.15) is 5.75 Å². The van der Waals surface area contributed by atoms with E-state index in [1.165, 1.54) is 0 Å². The van der Waals surface area contributed by atoms with E-state index in [1.807, 2.05) is 20.8 Å². The minimum atomic E-state index is -1.02. The third kappa shape index (κ3) is 5.35. The van der Waals surface area contributed by atoms with Crippen molar-refractivity contribution in [1.29, 1.82) is 0 Å². The first-order chi connectivity index (χ1) is 10.4. The van der Waals surface area contributed by atoms with E-state index < -0.39 is 15.9 Å². The van der Waals surface area contributed by atoms with Crippen LogP contribution >= 0.6 is 23.5 Å². The standard InChI is InChI=1S/C16H22O5S2/c1-8(22-14(18)19)10-6-11(9(2)23-15(20)21)13(17)12(7-10)16(3,4)5/h6-9,17H,1-5H3,(H,18,19)(H,20,21). The zero-order valence-corrected chi connectivity index (χ0v) is 15.4. The van der Waals surface area contributed by atoms with Gasteiger partial charge in [0, 0.05) is 16.1 Å². The summed E-state index contributed by atoms with van der Waals surface area (Å²) in [5, 5.41) is 25.7. The summed E-state index contributed by atoms with van der Waals surface area (Å²) in [5.74, 6) is 0.0787. The smallest absolute Gasteiger partial charge is 0.365 e. The van der Waals surface area contributed by atoms with Crippen LogP contribution in [0.2, 0.25) is 0 Å². The van der Waals surface area contributed by atoms with Crippen molar-refractivity contribution in [2.45, 2.75) is 50.5 Å². The minimum absolute atomic E-state index is 0.0787. The third-order valence-electron chi connectivity index (χ3n) is 3.43. The number of phenolic OH excluding ortho intramolecular Hbond substituents is 1. The second kappa shape index (κ2) is 7.49. The Hall–Kier alpha value is -1.34. The summed E-state index contributed by atoms with van der Waals surface area (Å²) in [6.45, 7) is 9.31. The first kappa shape index (κ1) is 19.7. The molecule has 1 aromatic rings. The number of aromatic hydroxyl groups is 1. The SMILES string of the molecule is CC(SC(=O)O)c1cc(C(C)SC(=O)O)c(O)c(C(C)(C)C)c1. The summed E-state index contributed by atoms with van der Waals surface area (Å²) in [7, 11) is 0. The summed E-state index contributed by atoms with van der Waals surface area (Å²) in [5.41, 5.74) is 1.60. The fourth-order valence-corrected chi connectivity index (χ4v) is 3.41. The Kier molecular flexibility index (Phi) is 6.41. The number of hydrogen-bond acceptors (Lipinski definition) is 5. The molecule has 0 saturated carbocycles. The summed E-state index contributed by atoms with van der Waals surface area (Å²) in [6.07, 6.45) is 0. The zero-order chi connectivity index (χ0) is 17.9. The molecule has 0 aromatic heterocycles. The molecular formula is C16H22O5S2. The molecule has 0 amide bonds. The van der Waals surface area contributed by atoms with Crippen LogP contribution in [-0.4, -0.2) is 25.9 Å². The lowest BCUT2D eigenvalue weighted by atomic mass is 9.83. The first-order valence-corrected chi connectivity index (χ1v) is 8.85. The van der Waals surface area contributed by atoms with Crippen LogP contribution in [0, 0.1) is 0 Å². The summed E-state index contributed by atoms with van der Waals surface area (Å²) < 4.78 is 0. The molecule has 5 nitrogen and oxygen atoms in total. The molecule has 2 atom stereocenters. The van der Waals surface area contributed by atoms with Gasteiger partial charge in [0.2, 0.25) is 0 Å². The number of carbonyl (C=O) groups is 2.